The van der Waals surface area contributed by atoms with Gasteiger partial charge in [-0.2, -0.15) is 0 Å². The first-order valence-electron chi connectivity index (χ1n) is 12.0. The Labute approximate surface area is 210 Å². The van der Waals surface area contributed by atoms with Crippen molar-refractivity contribution in [2.24, 2.45) is 0 Å². The summed E-state index contributed by atoms with van der Waals surface area (Å²) < 4.78 is 7.34. The number of carbonyl (C=O) groups is 1. The number of aromatic nitrogens is 2. The first-order chi connectivity index (χ1) is 17.7. The zero-order valence-electron chi connectivity index (χ0n) is 20.1. The summed E-state index contributed by atoms with van der Waals surface area (Å²) in [4.78, 5) is 17.4. The number of esters is 1. The zero-order valence-corrected chi connectivity index (χ0v) is 20.1. The van der Waals surface area contributed by atoms with Gasteiger partial charge in [0.05, 0.1) is 24.4 Å². The number of carbonyl (C=O) groups excluding carboxylic acids is 1. The summed E-state index contributed by atoms with van der Waals surface area (Å²) in [5.41, 5.74) is 13.3. The molecule has 0 saturated carbocycles. The number of nitrogen functional groups attached to an aromatic ring is 1. The first kappa shape index (κ1) is 23.1. The molecule has 5 aromatic rings. The molecule has 0 amide bonds. The minimum atomic E-state index is -0.303. The molecule has 0 unspecified atom stereocenters. The summed E-state index contributed by atoms with van der Waals surface area (Å²) in [7, 11) is 0. The van der Waals surface area contributed by atoms with Gasteiger partial charge in [0.25, 0.3) is 0 Å². The Morgan fingerprint density at radius 3 is 2.06 bits per heavy atom. The Balaban J connectivity index is 1.78. The lowest BCUT2D eigenvalue weighted by Gasteiger charge is -2.14. The van der Waals surface area contributed by atoms with Crippen LogP contribution >= 0.6 is 0 Å². The number of para-hydroxylation sites is 1. The van der Waals surface area contributed by atoms with Crippen molar-refractivity contribution in [1.82, 2.24) is 9.55 Å². The van der Waals surface area contributed by atoms with Crippen LogP contribution in [0.1, 0.15) is 12.5 Å². The van der Waals surface area contributed by atoms with E-state index >= 15 is 0 Å². The molecule has 0 aliphatic heterocycles. The molecule has 0 bridgehead atoms. The maximum absolute atomic E-state index is 12.2. The number of imidazole rings is 1. The molecule has 4 aromatic carbocycles. The molecule has 178 valence electrons. The average Bonchev–Trinajstić information content (AvgIpc) is 3.32. The third kappa shape index (κ3) is 4.64. The molecule has 0 saturated heterocycles. The molecular weight excluding hydrogens is 446 g/mol. The summed E-state index contributed by atoms with van der Waals surface area (Å²) in [6, 6.07) is 36.4. The van der Waals surface area contributed by atoms with Crippen LogP contribution in [0.3, 0.4) is 0 Å². The summed E-state index contributed by atoms with van der Waals surface area (Å²) >= 11 is 0. The summed E-state index contributed by atoms with van der Waals surface area (Å²) in [6.45, 7) is 2.13. The third-order valence-electron chi connectivity index (χ3n) is 6.03. The van der Waals surface area contributed by atoms with Gasteiger partial charge in [-0.15, -0.1) is 0 Å². The van der Waals surface area contributed by atoms with Gasteiger partial charge in [-0.1, -0.05) is 78.9 Å². The fourth-order valence-electron chi connectivity index (χ4n) is 4.37. The Kier molecular flexibility index (Phi) is 6.63. The van der Waals surface area contributed by atoms with Gasteiger partial charge in [0.2, 0.25) is 0 Å². The van der Waals surface area contributed by atoms with Gasteiger partial charge >= 0.3 is 5.97 Å². The SMILES string of the molecule is CCOC(=O)Cc1cc(-c2nc(-c3ccccc3)c(-c3ccccc3)n2-c2ccccc2)ccc1N. The molecule has 0 aliphatic rings. The predicted molar refractivity (Wildman–Crippen MR) is 145 cm³/mol. The molecule has 1 aromatic heterocycles. The van der Waals surface area contributed by atoms with Crippen molar-refractivity contribution in [2.75, 3.05) is 12.3 Å². The molecule has 5 heteroatoms. The Morgan fingerprint density at radius 1 is 0.806 bits per heavy atom. The van der Waals surface area contributed by atoms with Gasteiger partial charge in [-0.3, -0.25) is 9.36 Å². The van der Waals surface area contributed by atoms with Crippen molar-refractivity contribution in [3.63, 3.8) is 0 Å². The van der Waals surface area contributed by atoms with Gasteiger partial charge in [-0.25, -0.2) is 4.98 Å². The number of ether oxygens (including phenoxy) is 1. The van der Waals surface area contributed by atoms with Crippen molar-refractivity contribution in [3.8, 4) is 39.6 Å². The summed E-state index contributed by atoms with van der Waals surface area (Å²) in [6.07, 6.45) is 0.108. The second kappa shape index (κ2) is 10.3. The molecule has 2 N–H and O–H groups in total. The van der Waals surface area contributed by atoms with Crippen molar-refractivity contribution < 1.29 is 9.53 Å². The maximum atomic E-state index is 12.2. The molecular formula is C31H27N3O2. The van der Waals surface area contributed by atoms with Gasteiger partial charge < -0.3 is 10.5 Å². The standard InChI is InChI=1S/C31H27N3O2/c1-2-36-28(35)21-25-20-24(18-19-27(25)32)31-33-29(22-12-6-3-7-13-22)30(23-14-8-4-9-15-23)34(31)26-16-10-5-11-17-26/h3-20H,2,21,32H2,1H3. The van der Waals surface area contributed by atoms with Crippen LogP contribution < -0.4 is 5.73 Å². The van der Waals surface area contributed by atoms with Crippen LogP contribution in [0.2, 0.25) is 0 Å². The van der Waals surface area contributed by atoms with Crippen LogP contribution in [0.5, 0.6) is 0 Å². The molecule has 5 nitrogen and oxygen atoms in total. The van der Waals surface area contributed by atoms with Gasteiger partial charge in [-0.05, 0) is 42.8 Å². The molecule has 0 aliphatic carbocycles. The van der Waals surface area contributed by atoms with E-state index in [0.29, 0.717) is 12.3 Å². The number of benzene rings is 4. The van der Waals surface area contributed by atoms with E-state index in [9.17, 15) is 4.79 Å². The Morgan fingerprint density at radius 2 is 1.42 bits per heavy atom. The highest BCUT2D eigenvalue weighted by molar-refractivity contribution is 5.85. The normalized spacial score (nSPS) is 10.8. The molecule has 36 heavy (non-hydrogen) atoms. The monoisotopic (exact) mass is 473 g/mol. The highest BCUT2D eigenvalue weighted by Crippen LogP contribution is 2.39. The van der Waals surface area contributed by atoms with Gasteiger partial charge in [0.15, 0.2) is 0 Å². The lowest BCUT2D eigenvalue weighted by molar-refractivity contribution is -0.142. The number of nitrogens with zero attached hydrogens (tertiary/aromatic N) is 2. The molecule has 0 radical (unpaired) electrons. The van der Waals surface area contributed by atoms with Crippen LogP contribution in [0.4, 0.5) is 5.69 Å². The highest BCUT2D eigenvalue weighted by Gasteiger charge is 2.23. The van der Waals surface area contributed by atoms with Gasteiger partial charge in [0, 0.05) is 28.1 Å². The fourth-order valence-corrected chi connectivity index (χ4v) is 4.37. The molecule has 5 rings (SSSR count). The number of rotatable bonds is 7. The highest BCUT2D eigenvalue weighted by atomic mass is 16.5. The van der Waals surface area contributed by atoms with E-state index in [1.54, 1.807) is 6.92 Å². The van der Waals surface area contributed by atoms with Gasteiger partial charge in [0.1, 0.15) is 5.82 Å². The second-order valence-corrected chi connectivity index (χ2v) is 8.43. The lowest BCUT2D eigenvalue weighted by Crippen LogP contribution is -2.09. The van der Waals surface area contributed by atoms with E-state index in [0.717, 1.165) is 45.2 Å². The van der Waals surface area contributed by atoms with E-state index < -0.39 is 0 Å². The van der Waals surface area contributed by atoms with E-state index in [1.165, 1.54) is 0 Å². The van der Waals surface area contributed by atoms with E-state index in [4.69, 9.17) is 15.5 Å². The largest absolute Gasteiger partial charge is 0.466 e. The molecule has 1 heterocycles. The first-order valence-corrected chi connectivity index (χ1v) is 12.0. The van der Waals surface area contributed by atoms with E-state index in [-0.39, 0.29) is 12.4 Å². The van der Waals surface area contributed by atoms with Crippen molar-refractivity contribution in [1.29, 1.82) is 0 Å². The Hall–Kier alpha value is -4.64. The predicted octanol–water partition coefficient (Wildman–Crippen LogP) is 6.56. The number of anilines is 1. The quantitative estimate of drug-likeness (QED) is 0.215. The van der Waals surface area contributed by atoms with Crippen molar-refractivity contribution in [2.45, 2.75) is 13.3 Å². The smallest absolute Gasteiger partial charge is 0.310 e. The van der Waals surface area contributed by atoms with E-state index in [1.807, 2.05) is 72.8 Å². The number of hydrogen-bond acceptors (Lipinski definition) is 4. The van der Waals surface area contributed by atoms with Crippen LogP contribution in [0.15, 0.2) is 109 Å². The van der Waals surface area contributed by atoms with E-state index in [2.05, 4.69) is 41.0 Å². The van der Waals surface area contributed by atoms with Crippen LogP contribution in [0, 0.1) is 0 Å². The second-order valence-electron chi connectivity index (χ2n) is 8.43. The fraction of sp³-hybridized carbons (Fsp3) is 0.0968. The summed E-state index contributed by atoms with van der Waals surface area (Å²) in [5.74, 6) is 0.465. The lowest BCUT2D eigenvalue weighted by atomic mass is 10.0. The number of nitrogens with two attached hydrogens (primary N) is 1. The zero-order chi connectivity index (χ0) is 24.9. The maximum Gasteiger partial charge on any atom is 0.310 e. The average molecular weight is 474 g/mol. The van der Waals surface area contributed by atoms with Crippen molar-refractivity contribution in [3.05, 3.63) is 115 Å². The van der Waals surface area contributed by atoms with Crippen LogP contribution in [0.25, 0.3) is 39.6 Å². The van der Waals surface area contributed by atoms with Crippen LogP contribution in [-0.4, -0.2) is 22.1 Å². The minimum absolute atomic E-state index is 0.108. The molecule has 0 atom stereocenters. The minimum Gasteiger partial charge on any atom is -0.466 e. The third-order valence-corrected chi connectivity index (χ3v) is 6.03. The van der Waals surface area contributed by atoms with Crippen molar-refractivity contribution >= 4 is 11.7 Å². The summed E-state index contributed by atoms with van der Waals surface area (Å²) in [5, 5.41) is 0. The van der Waals surface area contributed by atoms with Crippen LogP contribution in [-0.2, 0) is 16.0 Å². The molecule has 0 spiro atoms. The Bertz CT molecular complexity index is 1480. The topological polar surface area (TPSA) is 70.1 Å². The number of hydrogen-bond donors (Lipinski definition) is 1. The molecule has 0 fully saturated rings.